The lowest BCUT2D eigenvalue weighted by atomic mass is 10.1. The Morgan fingerprint density at radius 1 is 0.778 bits per heavy atom. The first-order valence-corrected chi connectivity index (χ1v) is 12.6. The quantitative estimate of drug-likeness (QED) is 0.255. The Bertz CT molecular complexity index is 615. The highest BCUT2D eigenvalue weighted by Gasteiger charge is 2.21. The number of unbranched alkanes of at least 4 members (excludes halogenated alkanes) is 8. The Kier molecular flexibility index (Phi) is 11.5. The number of ether oxygens (including phenoxy) is 1. The molecule has 2 rings (SSSR count). The fourth-order valence-electron chi connectivity index (χ4n) is 3.05. The fourth-order valence-corrected chi connectivity index (χ4v) is 5.45. The average molecular weight is 481 g/mol. The van der Waals surface area contributed by atoms with Crippen LogP contribution in [0.25, 0.3) is 0 Å². The molecule has 0 aliphatic carbocycles. The summed E-state index contributed by atoms with van der Waals surface area (Å²) in [6.07, 6.45) is 11.6. The molecular formula is C24H34IO2+. The van der Waals surface area contributed by atoms with Gasteiger partial charge in [0.2, 0.25) is 3.57 Å². The van der Waals surface area contributed by atoms with E-state index >= 15 is 0 Å². The summed E-state index contributed by atoms with van der Waals surface area (Å²) in [7, 11) is 0. The molecule has 2 aromatic carbocycles. The van der Waals surface area contributed by atoms with Crippen LogP contribution >= 0.6 is 0 Å². The molecule has 0 aliphatic rings. The third-order valence-corrected chi connectivity index (χ3v) is 7.41. The van der Waals surface area contributed by atoms with Crippen molar-refractivity contribution in [2.45, 2.75) is 77.4 Å². The van der Waals surface area contributed by atoms with E-state index < -0.39 is 6.29 Å². The van der Waals surface area contributed by atoms with Crippen molar-refractivity contribution in [3.05, 3.63) is 61.7 Å². The van der Waals surface area contributed by atoms with Gasteiger partial charge in [-0.25, -0.2) is 0 Å². The van der Waals surface area contributed by atoms with Crippen molar-refractivity contribution in [3.63, 3.8) is 0 Å². The Hall–Kier alpha value is -1.07. The zero-order valence-electron chi connectivity index (χ0n) is 16.6. The van der Waals surface area contributed by atoms with Gasteiger partial charge in [0.25, 0.3) is 0 Å². The molecule has 0 radical (unpaired) electrons. The van der Waals surface area contributed by atoms with E-state index in [0.717, 1.165) is 12.2 Å². The fraction of sp³-hybridized carbons (Fsp3) is 0.500. The van der Waals surface area contributed by atoms with E-state index in [-0.39, 0.29) is 21.2 Å². The van der Waals surface area contributed by atoms with Gasteiger partial charge in [0.05, 0.1) is 0 Å². The summed E-state index contributed by atoms with van der Waals surface area (Å²) in [5, 5.41) is 10.3. The number of benzene rings is 2. The SMILES string of the molecule is CCCCCCCCCCCC(O)Oc1ccccc1[I+]c1ccccc1. The zero-order chi connectivity index (χ0) is 19.2. The molecule has 1 atom stereocenters. The second kappa shape index (κ2) is 14.0. The molecule has 1 unspecified atom stereocenters. The molecule has 148 valence electrons. The lowest BCUT2D eigenvalue weighted by Crippen LogP contribution is -3.61. The predicted molar refractivity (Wildman–Crippen MR) is 109 cm³/mol. The van der Waals surface area contributed by atoms with Crippen molar-refractivity contribution in [2.75, 3.05) is 0 Å². The van der Waals surface area contributed by atoms with Crippen LogP contribution in [0.4, 0.5) is 0 Å². The van der Waals surface area contributed by atoms with Crippen LogP contribution < -0.4 is 25.9 Å². The number of aliphatic hydroxyl groups excluding tert-OH is 1. The van der Waals surface area contributed by atoms with Crippen molar-refractivity contribution in [1.29, 1.82) is 0 Å². The summed E-state index contributed by atoms with van der Waals surface area (Å²) in [5.74, 6) is 0.845. The minimum absolute atomic E-state index is 0.290. The van der Waals surface area contributed by atoms with Crippen LogP contribution in [0.3, 0.4) is 0 Å². The molecular weight excluding hydrogens is 447 g/mol. The highest BCUT2D eigenvalue weighted by Crippen LogP contribution is 2.15. The highest BCUT2D eigenvalue weighted by molar-refractivity contribution is 5.21. The average Bonchev–Trinajstić information content (AvgIpc) is 2.69. The number of hydrogen-bond donors (Lipinski definition) is 1. The molecule has 0 fully saturated rings. The van der Waals surface area contributed by atoms with Gasteiger partial charge in [0, 0.05) is 6.42 Å². The van der Waals surface area contributed by atoms with Crippen molar-refractivity contribution < 1.29 is 31.0 Å². The van der Waals surface area contributed by atoms with Crippen LogP contribution in [0.2, 0.25) is 0 Å². The van der Waals surface area contributed by atoms with E-state index in [1.54, 1.807) is 0 Å². The summed E-state index contributed by atoms with van der Waals surface area (Å²) >= 11 is -0.290. The van der Waals surface area contributed by atoms with E-state index in [1.807, 2.05) is 18.2 Å². The van der Waals surface area contributed by atoms with Crippen LogP contribution in [0.5, 0.6) is 5.75 Å². The van der Waals surface area contributed by atoms with Crippen molar-refractivity contribution in [1.82, 2.24) is 0 Å². The summed E-state index contributed by atoms with van der Waals surface area (Å²) in [6, 6.07) is 18.7. The number of halogens is 1. The van der Waals surface area contributed by atoms with Gasteiger partial charge >= 0.3 is 21.2 Å². The van der Waals surface area contributed by atoms with Gasteiger partial charge in [-0.3, -0.25) is 0 Å². The van der Waals surface area contributed by atoms with E-state index in [2.05, 4.69) is 43.3 Å². The molecule has 2 aromatic rings. The predicted octanol–water partition coefficient (Wildman–Crippen LogP) is 3.43. The maximum absolute atomic E-state index is 10.3. The molecule has 0 saturated carbocycles. The molecule has 0 aromatic heterocycles. The molecule has 0 heterocycles. The molecule has 0 bridgehead atoms. The third-order valence-electron chi connectivity index (χ3n) is 4.60. The van der Waals surface area contributed by atoms with Crippen LogP contribution in [-0.2, 0) is 0 Å². The zero-order valence-corrected chi connectivity index (χ0v) is 18.7. The van der Waals surface area contributed by atoms with E-state index in [1.165, 1.54) is 58.5 Å². The minimum atomic E-state index is -0.699. The standard InChI is InChI=1S/C24H34IO2/c1-2-3-4-5-6-7-8-9-13-20-24(26)27-23-19-15-14-18-22(23)25-21-16-11-10-12-17-21/h10-12,14-19,24,26H,2-9,13,20H2,1H3/q+1. The first kappa shape index (κ1) is 22.2. The Balaban J connectivity index is 1.66. The van der Waals surface area contributed by atoms with Crippen molar-refractivity contribution >= 4 is 0 Å². The first-order chi connectivity index (χ1) is 13.3. The van der Waals surface area contributed by atoms with Gasteiger partial charge in [-0.1, -0.05) is 88.6 Å². The maximum Gasteiger partial charge on any atom is 0.362 e. The molecule has 1 N–H and O–H groups in total. The maximum atomic E-state index is 10.3. The summed E-state index contributed by atoms with van der Waals surface area (Å²) in [5.41, 5.74) is 0. The summed E-state index contributed by atoms with van der Waals surface area (Å²) in [4.78, 5) is 0. The lowest BCUT2D eigenvalue weighted by Gasteiger charge is -2.13. The van der Waals surface area contributed by atoms with E-state index in [4.69, 9.17) is 4.74 Å². The lowest BCUT2D eigenvalue weighted by molar-refractivity contribution is -0.598. The molecule has 3 heteroatoms. The first-order valence-electron chi connectivity index (χ1n) is 10.4. The number of hydrogen-bond acceptors (Lipinski definition) is 2. The Morgan fingerprint density at radius 3 is 2.07 bits per heavy atom. The van der Waals surface area contributed by atoms with Gasteiger partial charge in [-0.15, -0.1) is 0 Å². The Labute approximate surface area is 175 Å². The minimum Gasteiger partial charge on any atom is -0.460 e. The molecule has 2 nitrogen and oxygen atoms in total. The second-order valence-electron chi connectivity index (χ2n) is 7.01. The van der Waals surface area contributed by atoms with Gasteiger partial charge in [0.1, 0.15) is 0 Å². The summed E-state index contributed by atoms with van der Waals surface area (Å²) in [6.45, 7) is 2.26. The van der Waals surface area contributed by atoms with Gasteiger partial charge in [-0.2, -0.15) is 0 Å². The number of rotatable bonds is 14. The van der Waals surface area contributed by atoms with Crippen LogP contribution in [0.15, 0.2) is 54.6 Å². The van der Waals surface area contributed by atoms with Gasteiger partial charge < -0.3 is 9.84 Å². The van der Waals surface area contributed by atoms with Crippen molar-refractivity contribution in [3.8, 4) is 5.75 Å². The molecule has 0 amide bonds. The number of aliphatic hydroxyl groups is 1. The second-order valence-corrected chi connectivity index (χ2v) is 9.96. The largest absolute Gasteiger partial charge is 0.460 e. The van der Waals surface area contributed by atoms with Crippen molar-refractivity contribution in [2.24, 2.45) is 0 Å². The summed E-state index contributed by atoms with van der Waals surface area (Å²) < 4.78 is 8.46. The smallest absolute Gasteiger partial charge is 0.362 e. The number of para-hydroxylation sites is 1. The van der Waals surface area contributed by atoms with Crippen LogP contribution in [-0.4, -0.2) is 11.4 Å². The monoisotopic (exact) mass is 481 g/mol. The van der Waals surface area contributed by atoms with E-state index in [9.17, 15) is 5.11 Å². The third kappa shape index (κ3) is 9.61. The van der Waals surface area contributed by atoms with Gasteiger partial charge in [0.15, 0.2) is 15.6 Å². The Morgan fingerprint density at radius 2 is 1.37 bits per heavy atom. The molecule has 0 spiro atoms. The highest BCUT2D eigenvalue weighted by atomic mass is 127. The van der Waals surface area contributed by atoms with E-state index in [0.29, 0.717) is 6.42 Å². The van der Waals surface area contributed by atoms with Crippen LogP contribution in [0.1, 0.15) is 71.1 Å². The van der Waals surface area contributed by atoms with Crippen LogP contribution in [0, 0.1) is 7.14 Å². The molecule has 27 heavy (non-hydrogen) atoms. The molecule has 0 saturated heterocycles. The molecule has 0 aliphatic heterocycles. The normalized spacial score (nSPS) is 12.1. The topological polar surface area (TPSA) is 29.5 Å². The van der Waals surface area contributed by atoms with Gasteiger partial charge in [-0.05, 0) is 30.7 Å².